The van der Waals surface area contributed by atoms with Crippen LogP contribution in [0.5, 0.6) is 0 Å². The molecule has 5 atom stereocenters. The van der Waals surface area contributed by atoms with Crippen LogP contribution in [0.15, 0.2) is 147 Å². The number of aryl methyl sites for hydroxylation is 1. The zero-order valence-corrected chi connectivity index (χ0v) is 64.2. The third-order valence-electron chi connectivity index (χ3n) is 19.6. The number of sulfonamides is 1. The molecule has 103 heavy (non-hydrogen) atoms. The summed E-state index contributed by atoms with van der Waals surface area (Å²) in [5.74, 6) is -1.81. The molecule has 3 heterocycles. The predicted molar refractivity (Wildman–Crippen MR) is 405 cm³/mol. The average Bonchev–Trinajstić information content (AvgIpc) is 1.36. The van der Waals surface area contributed by atoms with Gasteiger partial charge in [-0.2, -0.15) is 13.2 Å². The van der Waals surface area contributed by atoms with E-state index in [2.05, 4.69) is 61.6 Å². The Morgan fingerprint density at radius 3 is 2.11 bits per heavy atom. The molecule has 5 aromatic carbocycles. The molecular formula is C77H99ClF3N9O9S4. The topological polar surface area (TPSA) is 231 Å². The number of thioether (sulfide) groups is 1. The SMILES string of the molecule is Cc1ncsc1-c1ccc([C@H](C)NC(=O)[C@@H]2C[C@@H](O)CN2C(=O)[C@@H](NC(=O)CCCCCCCCCN(C)CC[C@H](CSc2ccccc2)Nc2ccc(S(=O)(=O)NC(=O)c3ccc(N4CCN(CC5=C(c6ccc(Cl)cc6)CCC(C)(C)C5)CC4)cc3)cc2S(=O)(=O)C(F)(F)F)C(C)(C)C)cc1. The molecule has 26 heteroatoms. The molecule has 4 amide bonds. The summed E-state index contributed by atoms with van der Waals surface area (Å²) >= 11 is 9.21. The van der Waals surface area contributed by atoms with Gasteiger partial charge in [0.1, 0.15) is 17.0 Å². The molecule has 3 aliphatic rings. The lowest BCUT2D eigenvalue weighted by Crippen LogP contribution is -2.57. The Morgan fingerprint density at radius 1 is 0.816 bits per heavy atom. The highest BCUT2D eigenvalue weighted by molar-refractivity contribution is 7.99. The van der Waals surface area contributed by atoms with Crippen LogP contribution in [0.1, 0.15) is 158 Å². The summed E-state index contributed by atoms with van der Waals surface area (Å²) < 4.78 is 100. The number of piperazine rings is 1. The number of aliphatic hydroxyl groups excluding tert-OH is 1. The highest BCUT2D eigenvalue weighted by Crippen LogP contribution is 2.44. The number of carbonyl (C=O) groups is 4. The third kappa shape index (κ3) is 22.1. The Morgan fingerprint density at radius 2 is 1.47 bits per heavy atom. The molecule has 1 aromatic heterocycles. The van der Waals surface area contributed by atoms with Gasteiger partial charge in [-0.3, -0.25) is 24.1 Å². The maximum atomic E-state index is 14.5. The summed E-state index contributed by atoms with van der Waals surface area (Å²) in [5, 5.41) is 20.5. The van der Waals surface area contributed by atoms with Crippen LogP contribution in [-0.2, 0) is 34.2 Å². The molecule has 0 saturated carbocycles. The smallest absolute Gasteiger partial charge is 0.391 e. The summed E-state index contributed by atoms with van der Waals surface area (Å²) in [6.07, 6.45) is 8.81. The molecule has 2 saturated heterocycles. The van der Waals surface area contributed by atoms with E-state index in [0.29, 0.717) is 55.9 Å². The maximum Gasteiger partial charge on any atom is 0.501 e. The fourth-order valence-corrected chi connectivity index (χ4v) is 17.6. The van der Waals surface area contributed by atoms with Crippen LogP contribution in [-0.4, -0.2) is 160 Å². The summed E-state index contributed by atoms with van der Waals surface area (Å²) in [5.41, 5.74) is 2.74. The summed E-state index contributed by atoms with van der Waals surface area (Å²) in [4.78, 5) is 67.3. The number of sulfone groups is 1. The van der Waals surface area contributed by atoms with E-state index in [-0.39, 0.29) is 48.2 Å². The molecular weight excluding hydrogens is 1420 g/mol. The summed E-state index contributed by atoms with van der Waals surface area (Å²) in [6.45, 7) is 19.1. The first-order valence-corrected chi connectivity index (χ1v) is 40.7. The Hall–Kier alpha value is -6.84. The standard InChI is InChI=1S/C77H99ClF3N9O9S4/c1-52(54-22-24-56(25-23-54)70-53(2)82-51-101-70)83-73(94)67-45-62(91)49-90(67)74(95)71(75(3,4)5)85-69(92)21-17-12-10-9-11-13-18-39-87(8)40-37-60(50-100-63-19-15-14-16-20-63)84-66-35-34-64(46-68(66)102(96,97)77(79,80)81)103(98,99)86-72(93)57-28-32-61(33-29-57)89-43-41-88(42-44-89)48-58-47-76(6,7)38-36-65(58)55-26-30-59(78)31-27-55/h14-16,19-20,22-35,46,51-52,60,62,67,71,84,91H,9-13,17-18,21,36-45,47-50H2,1-8H3,(H,83,94)(H,85,92)(H,86,93)/t52-,60+,62+,67-,71+/m0/s1. The van der Waals surface area contributed by atoms with Gasteiger partial charge in [-0.05, 0) is 172 Å². The second-order valence-electron chi connectivity index (χ2n) is 29.4. The number of anilines is 2. The van der Waals surface area contributed by atoms with E-state index in [0.717, 1.165) is 122 Å². The first-order valence-electron chi connectivity index (χ1n) is 35.5. The number of hydrogen-bond acceptors (Lipinski definition) is 16. The van der Waals surface area contributed by atoms with Crippen molar-refractivity contribution < 1.29 is 54.3 Å². The van der Waals surface area contributed by atoms with Gasteiger partial charge in [0, 0.05) is 85.1 Å². The number of allylic oxidation sites excluding steroid dienone is 1. The molecule has 5 N–H and O–H groups in total. The van der Waals surface area contributed by atoms with Crippen LogP contribution in [0.3, 0.4) is 0 Å². The lowest BCUT2D eigenvalue weighted by molar-refractivity contribution is -0.144. The van der Waals surface area contributed by atoms with Crippen molar-refractivity contribution in [3.05, 3.63) is 160 Å². The van der Waals surface area contributed by atoms with Gasteiger partial charge in [0.25, 0.3) is 25.8 Å². The Balaban J connectivity index is 0.725. The lowest BCUT2D eigenvalue weighted by atomic mass is 9.73. The Bertz CT molecular complexity index is 4130. The number of carbonyl (C=O) groups excluding carboxylic acids is 4. The second kappa shape index (κ2) is 35.5. The highest BCUT2D eigenvalue weighted by Gasteiger charge is 2.49. The molecule has 0 unspecified atom stereocenters. The fourth-order valence-electron chi connectivity index (χ4n) is 13.6. The molecule has 0 spiro atoms. The molecule has 558 valence electrons. The minimum atomic E-state index is -6.14. The van der Waals surface area contributed by atoms with E-state index in [1.54, 1.807) is 29.0 Å². The summed E-state index contributed by atoms with van der Waals surface area (Å²) in [7, 11) is -9.13. The number of amides is 4. The third-order valence-corrected chi connectivity index (χ3v) is 24.9. The number of hydrogen-bond donors (Lipinski definition) is 5. The van der Waals surface area contributed by atoms with Crippen molar-refractivity contribution in [2.45, 2.75) is 182 Å². The van der Waals surface area contributed by atoms with Gasteiger partial charge in [-0.15, -0.1) is 23.1 Å². The van der Waals surface area contributed by atoms with Crippen molar-refractivity contribution in [3.63, 3.8) is 0 Å². The van der Waals surface area contributed by atoms with Crippen LogP contribution in [0, 0.1) is 17.8 Å². The number of alkyl halides is 3. The first-order chi connectivity index (χ1) is 48.7. The molecule has 2 fully saturated rings. The fraction of sp³-hybridized carbons (Fsp3) is 0.494. The van der Waals surface area contributed by atoms with E-state index >= 15 is 0 Å². The molecule has 6 aromatic rings. The predicted octanol–water partition coefficient (Wildman–Crippen LogP) is 14.4. The van der Waals surface area contributed by atoms with E-state index in [1.165, 1.54) is 45.5 Å². The number of thiazole rings is 1. The van der Waals surface area contributed by atoms with Gasteiger partial charge in [0.15, 0.2) is 0 Å². The minimum Gasteiger partial charge on any atom is -0.391 e. The van der Waals surface area contributed by atoms with E-state index in [1.807, 2.05) is 113 Å². The molecule has 2 aliphatic heterocycles. The van der Waals surface area contributed by atoms with Crippen LogP contribution in [0.4, 0.5) is 24.5 Å². The van der Waals surface area contributed by atoms with Gasteiger partial charge >= 0.3 is 5.51 Å². The zero-order chi connectivity index (χ0) is 74.4. The van der Waals surface area contributed by atoms with E-state index in [9.17, 15) is 54.3 Å². The highest BCUT2D eigenvalue weighted by atomic mass is 35.5. The van der Waals surface area contributed by atoms with Gasteiger partial charge in [-0.1, -0.05) is 138 Å². The number of benzene rings is 5. The molecule has 9 rings (SSSR count). The van der Waals surface area contributed by atoms with E-state index in [4.69, 9.17) is 11.6 Å². The van der Waals surface area contributed by atoms with Crippen molar-refractivity contribution in [1.82, 2.24) is 35.0 Å². The molecule has 18 nitrogen and oxygen atoms in total. The minimum absolute atomic E-state index is 0.0265. The van der Waals surface area contributed by atoms with Crippen molar-refractivity contribution >= 4 is 95.1 Å². The van der Waals surface area contributed by atoms with Crippen molar-refractivity contribution in [2.75, 3.05) is 75.4 Å². The average molecular weight is 1520 g/mol. The van der Waals surface area contributed by atoms with E-state index < -0.39 is 82.3 Å². The van der Waals surface area contributed by atoms with Crippen molar-refractivity contribution in [3.8, 4) is 10.4 Å². The van der Waals surface area contributed by atoms with Crippen molar-refractivity contribution in [1.29, 1.82) is 0 Å². The number of nitrogens with zero attached hydrogens (tertiary/aromatic N) is 5. The Labute approximate surface area is 619 Å². The number of β-amino-alcohol motifs (C(OH)–C–C–N with tert-alkyl or cyclic N) is 1. The molecule has 1 aliphatic carbocycles. The number of aliphatic hydroxyl groups is 1. The van der Waals surface area contributed by atoms with Gasteiger partial charge in [0.2, 0.25) is 17.7 Å². The number of likely N-dealkylation sites (tertiary alicyclic amines) is 1. The van der Waals surface area contributed by atoms with Crippen LogP contribution in [0.25, 0.3) is 16.0 Å². The normalized spacial score (nSPS) is 17.8. The number of unbranched alkanes of at least 4 members (excludes halogenated alkanes) is 6. The quantitative estimate of drug-likeness (QED) is 0.0195. The maximum absolute atomic E-state index is 14.5. The number of nitrogens with one attached hydrogen (secondary N) is 4. The lowest BCUT2D eigenvalue weighted by Gasteiger charge is -2.39. The summed E-state index contributed by atoms with van der Waals surface area (Å²) in [6, 6.07) is 31.3. The Kier molecular flexibility index (Phi) is 27.7. The van der Waals surface area contributed by atoms with Crippen LogP contribution in [0.2, 0.25) is 5.02 Å². The molecule has 0 bridgehead atoms. The van der Waals surface area contributed by atoms with Gasteiger partial charge in [-0.25, -0.2) is 26.5 Å². The van der Waals surface area contributed by atoms with Crippen molar-refractivity contribution in [2.24, 2.45) is 10.8 Å². The molecule has 0 radical (unpaired) electrons. The number of aromatic nitrogens is 1. The second-order valence-corrected chi connectivity index (χ2v) is 35.4. The largest absolute Gasteiger partial charge is 0.501 e. The van der Waals surface area contributed by atoms with Crippen LogP contribution >= 0.6 is 34.7 Å². The van der Waals surface area contributed by atoms with Crippen LogP contribution < -0.4 is 25.6 Å². The number of rotatable bonds is 32. The monoisotopic (exact) mass is 1510 g/mol. The van der Waals surface area contributed by atoms with Gasteiger partial charge < -0.3 is 35.8 Å². The zero-order valence-electron chi connectivity index (χ0n) is 60.2. The number of halogens is 4. The first kappa shape index (κ1) is 80.3. The van der Waals surface area contributed by atoms with Gasteiger partial charge in [0.05, 0.1) is 38.8 Å².